The average molecular weight is 271 g/mol. The van der Waals surface area contributed by atoms with Gasteiger partial charge in [-0.1, -0.05) is 0 Å². The normalized spacial score (nSPS) is 24.9. The lowest BCUT2D eigenvalue weighted by Crippen LogP contribution is -2.51. The molecule has 110 valence electrons. The molecule has 2 heterocycles. The summed E-state index contributed by atoms with van der Waals surface area (Å²) in [6.07, 6.45) is 2.52. The third kappa shape index (κ3) is 4.72. The molecule has 6 heteroatoms. The predicted octanol–water partition coefficient (Wildman–Crippen LogP) is -1.11. The lowest BCUT2D eigenvalue weighted by molar-refractivity contribution is -0.132. The van der Waals surface area contributed by atoms with Gasteiger partial charge in [-0.15, -0.1) is 0 Å². The molecule has 1 unspecified atom stereocenters. The van der Waals surface area contributed by atoms with Gasteiger partial charge in [-0.25, -0.2) is 0 Å². The van der Waals surface area contributed by atoms with Gasteiger partial charge in [0.1, 0.15) is 0 Å². The number of nitrogens with zero attached hydrogens (tertiary/aromatic N) is 2. The molecule has 1 amide bonds. The fraction of sp³-hybridized carbons (Fsp3) is 0.923. The molecule has 0 aromatic rings. The Morgan fingerprint density at radius 3 is 2.74 bits per heavy atom. The van der Waals surface area contributed by atoms with Gasteiger partial charge in [-0.2, -0.15) is 0 Å². The maximum atomic E-state index is 12.0. The number of amides is 1. The number of carbonyl (C=O) groups excluding carboxylic acids is 1. The Labute approximate surface area is 114 Å². The summed E-state index contributed by atoms with van der Waals surface area (Å²) in [7, 11) is 0. The smallest absolute Gasteiger partial charge is 0.236 e. The van der Waals surface area contributed by atoms with Gasteiger partial charge < -0.3 is 20.1 Å². The van der Waals surface area contributed by atoms with Crippen molar-refractivity contribution in [2.45, 2.75) is 18.9 Å². The zero-order chi connectivity index (χ0) is 13.5. The molecule has 1 atom stereocenters. The second-order valence-electron chi connectivity index (χ2n) is 5.21. The van der Waals surface area contributed by atoms with E-state index >= 15 is 0 Å². The van der Waals surface area contributed by atoms with Crippen molar-refractivity contribution in [1.29, 1.82) is 0 Å². The second kappa shape index (κ2) is 7.79. The van der Waals surface area contributed by atoms with Crippen LogP contribution in [0.1, 0.15) is 12.8 Å². The number of ether oxygens (including phenoxy) is 1. The van der Waals surface area contributed by atoms with Crippen molar-refractivity contribution in [2.24, 2.45) is 0 Å². The molecule has 2 N–H and O–H groups in total. The van der Waals surface area contributed by atoms with E-state index in [0.29, 0.717) is 13.1 Å². The molecule has 0 aromatic carbocycles. The molecule has 19 heavy (non-hydrogen) atoms. The van der Waals surface area contributed by atoms with Crippen molar-refractivity contribution >= 4 is 5.91 Å². The minimum atomic E-state index is 0.168. The van der Waals surface area contributed by atoms with E-state index in [0.717, 1.165) is 52.2 Å². The van der Waals surface area contributed by atoms with E-state index in [4.69, 9.17) is 9.84 Å². The van der Waals surface area contributed by atoms with Crippen LogP contribution in [0.3, 0.4) is 0 Å². The molecule has 6 nitrogen and oxygen atoms in total. The fourth-order valence-corrected chi connectivity index (χ4v) is 2.62. The van der Waals surface area contributed by atoms with Crippen LogP contribution in [0.4, 0.5) is 0 Å². The van der Waals surface area contributed by atoms with Gasteiger partial charge in [0.2, 0.25) is 5.91 Å². The molecule has 0 bridgehead atoms. The van der Waals surface area contributed by atoms with Crippen LogP contribution in [0.2, 0.25) is 0 Å². The molecule has 2 aliphatic rings. The van der Waals surface area contributed by atoms with Crippen molar-refractivity contribution in [3.8, 4) is 0 Å². The van der Waals surface area contributed by atoms with Crippen molar-refractivity contribution in [3.63, 3.8) is 0 Å². The van der Waals surface area contributed by atoms with Crippen molar-refractivity contribution < 1.29 is 14.6 Å². The van der Waals surface area contributed by atoms with E-state index < -0.39 is 0 Å². The van der Waals surface area contributed by atoms with Crippen LogP contribution in [0.15, 0.2) is 0 Å². The van der Waals surface area contributed by atoms with E-state index in [-0.39, 0.29) is 18.6 Å². The second-order valence-corrected chi connectivity index (χ2v) is 5.21. The number of piperazine rings is 1. The Morgan fingerprint density at radius 1 is 1.32 bits per heavy atom. The number of β-amino-alcohol motifs (C(OH)–C–C–N with tert-alkyl or cyclic N) is 1. The number of nitrogens with one attached hydrogen (secondary N) is 1. The molecule has 0 aromatic heterocycles. The van der Waals surface area contributed by atoms with E-state index in [2.05, 4.69) is 10.2 Å². The highest BCUT2D eigenvalue weighted by molar-refractivity contribution is 5.78. The summed E-state index contributed by atoms with van der Waals surface area (Å²) < 4.78 is 5.50. The Balaban J connectivity index is 1.58. The van der Waals surface area contributed by atoms with Crippen LogP contribution in [0.25, 0.3) is 0 Å². The van der Waals surface area contributed by atoms with Crippen LogP contribution in [0.5, 0.6) is 0 Å². The molecule has 2 fully saturated rings. The quantitative estimate of drug-likeness (QED) is 0.641. The van der Waals surface area contributed by atoms with Gasteiger partial charge in [-0.05, 0) is 12.8 Å². The number of carbonyl (C=O) groups is 1. The summed E-state index contributed by atoms with van der Waals surface area (Å²) in [6, 6.07) is 0. The van der Waals surface area contributed by atoms with Crippen LogP contribution < -0.4 is 5.32 Å². The van der Waals surface area contributed by atoms with Crippen LogP contribution in [-0.2, 0) is 9.53 Å². The van der Waals surface area contributed by atoms with Crippen molar-refractivity contribution in [3.05, 3.63) is 0 Å². The van der Waals surface area contributed by atoms with E-state index in [1.807, 2.05) is 4.90 Å². The molecular weight excluding hydrogens is 246 g/mol. The van der Waals surface area contributed by atoms with Crippen molar-refractivity contribution in [1.82, 2.24) is 15.1 Å². The highest BCUT2D eigenvalue weighted by Crippen LogP contribution is 2.10. The maximum absolute atomic E-state index is 12.0. The third-order valence-corrected chi connectivity index (χ3v) is 3.81. The van der Waals surface area contributed by atoms with E-state index in [1.165, 1.54) is 0 Å². The Morgan fingerprint density at radius 2 is 2.11 bits per heavy atom. The number of hydrogen-bond donors (Lipinski definition) is 2. The third-order valence-electron chi connectivity index (χ3n) is 3.81. The first kappa shape index (κ1) is 14.7. The first-order valence-corrected chi connectivity index (χ1v) is 7.23. The van der Waals surface area contributed by atoms with Crippen LogP contribution in [-0.4, -0.2) is 85.9 Å². The number of aliphatic hydroxyl groups excluding tert-OH is 1. The molecule has 0 aliphatic carbocycles. The van der Waals surface area contributed by atoms with Gasteiger partial charge in [0.25, 0.3) is 0 Å². The summed E-state index contributed by atoms with van der Waals surface area (Å²) in [5.74, 6) is 0.168. The topological polar surface area (TPSA) is 65.0 Å². The highest BCUT2D eigenvalue weighted by atomic mass is 16.5. The summed E-state index contributed by atoms with van der Waals surface area (Å²) >= 11 is 0. The molecule has 2 rings (SSSR count). The molecule has 0 spiro atoms. The first-order valence-electron chi connectivity index (χ1n) is 7.23. The first-order chi connectivity index (χ1) is 9.29. The van der Waals surface area contributed by atoms with Crippen LogP contribution >= 0.6 is 0 Å². The maximum Gasteiger partial charge on any atom is 0.236 e. The number of rotatable bonds is 6. The lowest BCUT2D eigenvalue weighted by Gasteiger charge is -2.34. The Bertz CT molecular complexity index is 274. The van der Waals surface area contributed by atoms with Gasteiger partial charge >= 0.3 is 0 Å². The van der Waals surface area contributed by atoms with Crippen molar-refractivity contribution in [2.75, 3.05) is 59.0 Å². The summed E-state index contributed by atoms with van der Waals surface area (Å²) in [4.78, 5) is 16.1. The monoisotopic (exact) mass is 271 g/mol. The molecule has 2 saturated heterocycles. The van der Waals surface area contributed by atoms with Gasteiger partial charge in [0.05, 0.1) is 19.3 Å². The zero-order valence-electron chi connectivity index (χ0n) is 11.5. The molecule has 0 saturated carbocycles. The molecular formula is C13H25N3O3. The lowest BCUT2D eigenvalue weighted by atomic mass is 10.2. The number of aliphatic hydroxyl groups is 1. The minimum absolute atomic E-state index is 0.168. The summed E-state index contributed by atoms with van der Waals surface area (Å²) in [6.45, 7) is 6.18. The minimum Gasteiger partial charge on any atom is -0.395 e. The largest absolute Gasteiger partial charge is 0.395 e. The van der Waals surface area contributed by atoms with Gasteiger partial charge in [-0.3, -0.25) is 9.69 Å². The van der Waals surface area contributed by atoms with Gasteiger partial charge in [0.15, 0.2) is 0 Å². The standard InChI is InChI=1S/C13H25N3O3/c17-8-7-15-3-5-16(6-4-15)13(18)11-14-10-12-2-1-9-19-12/h12,14,17H,1-11H2. The van der Waals surface area contributed by atoms with E-state index in [1.54, 1.807) is 0 Å². The number of hydrogen-bond acceptors (Lipinski definition) is 5. The average Bonchev–Trinajstić information content (AvgIpc) is 2.93. The predicted molar refractivity (Wildman–Crippen MR) is 71.9 cm³/mol. The summed E-state index contributed by atoms with van der Waals surface area (Å²) in [5.41, 5.74) is 0. The van der Waals surface area contributed by atoms with Crippen LogP contribution in [0, 0.1) is 0 Å². The van der Waals surface area contributed by atoms with E-state index in [9.17, 15) is 4.79 Å². The fourth-order valence-electron chi connectivity index (χ4n) is 2.62. The SMILES string of the molecule is O=C(CNCC1CCCO1)N1CCN(CCO)CC1. The molecule has 0 radical (unpaired) electrons. The van der Waals surface area contributed by atoms with Gasteiger partial charge in [0, 0.05) is 45.9 Å². The Kier molecular flexibility index (Phi) is 6.03. The summed E-state index contributed by atoms with van der Waals surface area (Å²) in [5, 5.41) is 12.1. The highest BCUT2D eigenvalue weighted by Gasteiger charge is 2.21. The Hall–Kier alpha value is -0.690. The zero-order valence-corrected chi connectivity index (χ0v) is 11.5. The molecule has 2 aliphatic heterocycles.